The van der Waals surface area contributed by atoms with Crippen molar-refractivity contribution in [1.29, 1.82) is 0 Å². The number of ether oxygens (including phenoxy) is 2. The van der Waals surface area contributed by atoms with Gasteiger partial charge < -0.3 is 14.8 Å². The van der Waals surface area contributed by atoms with E-state index in [-0.39, 0.29) is 24.7 Å². The van der Waals surface area contributed by atoms with E-state index in [0.29, 0.717) is 0 Å². The Balaban J connectivity index is 2.48. The number of rotatable bonds is 4. The molecule has 1 rings (SSSR count). The fraction of sp³-hybridized carbons (Fsp3) is 0.778. The van der Waals surface area contributed by atoms with Crippen LogP contribution in [0.2, 0.25) is 0 Å². The van der Waals surface area contributed by atoms with Crippen molar-refractivity contribution in [3.05, 3.63) is 0 Å². The van der Waals surface area contributed by atoms with Crippen molar-refractivity contribution in [1.82, 2.24) is 5.32 Å². The molecule has 5 heteroatoms. The summed E-state index contributed by atoms with van der Waals surface area (Å²) in [5.41, 5.74) is 0. The van der Waals surface area contributed by atoms with Gasteiger partial charge in [-0.05, 0) is 6.42 Å². The van der Waals surface area contributed by atoms with Gasteiger partial charge in [-0.25, -0.2) is 4.79 Å². The van der Waals surface area contributed by atoms with Crippen molar-refractivity contribution in [3.8, 4) is 0 Å². The standard InChI is InChI=1S/C9H15NO4/c1-3-4-8(14-6(2)11)7-5-13-9(12)10-7/h7-8H,3-5H2,1-2H3,(H,10,12)/t7-,8-/m1/s1. The maximum Gasteiger partial charge on any atom is 0.407 e. The smallest absolute Gasteiger partial charge is 0.407 e. The van der Waals surface area contributed by atoms with Gasteiger partial charge in [0.25, 0.3) is 0 Å². The lowest BCUT2D eigenvalue weighted by molar-refractivity contribution is -0.148. The van der Waals surface area contributed by atoms with Crippen molar-refractivity contribution >= 4 is 12.1 Å². The zero-order valence-corrected chi connectivity index (χ0v) is 8.41. The van der Waals surface area contributed by atoms with E-state index in [1.165, 1.54) is 6.92 Å². The summed E-state index contributed by atoms with van der Waals surface area (Å²) in [6, 6.07) is -0.202. The van der Waals surface area contributed by atoms with Crippen LogP contribution in [0.3, 0.4) is 0 Å². The van der Waals surface area contributed by atoms with Gasteiger partial charge in [0, 0.05) is 6.92 Å². The summed E-state index contributed by atoms with van der Waals surface area (Å²) in [7, 11) is 0. The second-order valence-electron chi connectivity index (χ2n) is 3.29. The van der Waals surface area contributed by atoms with Gasteiger partial charge in [0.05, 0.1) is 0 Å². The first kappa shape index (κ1) is 10.8. The van der Waals surface area contributed by atoms with Gasteiger partial charge in [-0.15, -0.1) is 0 Å². The first-order chi connectivity index (χ1) is 6.63. The number of carbonyl (C=O) groups excluding carboxylic acids is 2. The van der Waals surface area contributed by atoms with E-state index in [4.69, 9.17) is 9.47 Å². The molecule has 1 aliphatic heterocycles. The van der Waals surface area contributed by atoms with E-state index in [1.807, 2.05) is 6.92 Å². The van der Waals surface area contributed by atoms with Crippen LogP contribution < -0.4 is 5.32 Å². The predicted molar refractivity (Wildman–Crippen MR) is 48.7 cm³/mol. The number of amides is 1. The number of hydrogen-bond donors (Lipinski definition) is 1. The van der Waals surface area contributed by atoms with Gasteiger partial charge >= 0.3 is 12.1 Å². The molecular formula is C9H15NO4. The van der Waals surface area contributed by atoms with E-state index in [9.17, 15) is 9.59 Å². The summed E-state index contributed by atoms with van der Waals surface area (Å²) in [5.74, 6) is -0.329. The zero-order chi connectivity index (χ0) is 10.6. The number of nitrogens with one attached hydrogen (secondary N) is 1. The van der Waals surface area contributed by atoms with Crippen LogP contribution in [0.15, 0.2) is 0 Å². The van der Waals surface area contributed by atoms with Gasteiger partial charge in [0.1, 0.15) is 18.8 Å². The number of hydrogen-bond acceptors (Lipinski definition) is 4. The summed E-state index contributed by atoms with van der Waals surface area (Å²) < 4.78 is 9.82. The van der Waals surface area contributed by atoms with Crippen LogP contribution in [0.25, 0.3) is 0 Å². The van der Waals surface area contributed by atoms with Crippen molar-refractivity contribution in [2.45, 2.75) is 38.8 Å². The second-order valence-corrected chi connectivity index (χ2v) is 3.29. The van der Waals surface area contributed by atoms with Crippen molar-refractivity contribution < 1.29 is 19.1 Å². The Bertz CT molecular complexity index is 229. The molecular weight excluding hydrogens is 186 g/mol. The highest BCUT2D eigenvalue weighted by Gasteiger charge is 2.31. The van der Waals surface area contributed by atoms with E-state index < -0.39 is 6.09 Å². The van der Waals surface area contributed by atoms with Gasteiger partial charge in [0.15, 0.2) is 0 Å². The third kappa shape index (κ3) is 2.90. The van der Waals surface area contributed by atoms with Gasteiger partial charge in [0.2, 0.25) is 0 Å². The van der Waals surface area contributed by atoms with Crippen molar-refractivity contribution in [2.75, 3.05) is 6.61 Å². The average molecular weight is 201 g/mol. The van der Waals surface area contributed by atoms with Crippen LogP contribution in [0.1, 0.15) is 26.7 Å². The molecule has 0 saturated carbocycles. The zero-order valence-electron chi connectivity index (χ0n) is 8.41. The molecule has 0 aromatic carbocycles. The van der Waals surface area contributed by atoms with Crippen LogP contribution in [0, 0.1) is 0 Å². The lowest BCUT2D eigenvalue weighted by atomic mass is 10.1. The molecule has 0 spiro atoms. The number of alkyl carbamates (subject to hydrolysis) is 1. The molecule has 1 heterocycles. The average Bonchev–Trinajstić information content (AvgIpc) is 2.50. The molecule has 80 valence electrons. The highest BCUT2D eigenvalue weighted by atomic mass is 16.6. The molecule has 1 amide bonds. The Morgan fingerprint density at radius 1 is 1.79 bits per heavy atom. The minimum Gasteiger partial charge on any atom is -0.460 e. The van der Waals surface area contributed by atoms with Crippen LogP contribution in [0.5, 0.6) is 0 Å². The first-order valence-corrected chi connectivity index (χ1v) is 4.74. The van der Waals surface area contributed by atoms with Gasteiger partial charge in [-0.3, -0.25) is 4.79 Å². The fourth-order valence-electron chi connectivity index (χ4n) is 1.44. The molecule has 0 aliphatic carbocycles. The molecule has 0 aromatic rings. The summed E-state index contributed by atoms with van der Waals surface area (Å²) >= 11 is 0. The first-order valence-electron chi connectivity index (χ1n) is 4.74. The third-order valence-electron chi connectivity index (χ3n) is 2.04. The molecule has 2 atom stereocenters. The third-order valence-corrected chi connectivity index (χ3v) is 2.04. The normalized spacial score (nSPS) is 22.4. The van der Waals surface area contributed by atoms with E-state index >= 15 is 0 Å². The quantitative estimate of drug-likeness (QED) is 0.684. The largest absolute Gasteiger partial charge is 0.460 e. The molecule has 14 heavy (non-hydrogen) atoms. The molecule has 0 radical (unpaired) electrons. The molecule has 0 bridgehead atoms. The van der Waals surface area contributed by atoms with E-state index in [0.717, 1.165) is 12.8 Å². The van der Waals surface area contributed by atoms with E-state index in [1.54, 1.807) is 0 Å². The maximum atomic E-state index is 10.8. The van der Waals surface area contributed by atoms with Crippen molar-refractivity contribution in [2.24, 2.45) is 0 Å². The van der Waals surface area contributed by atoms with Gasteiger partial charge in [-0.1, -0.05) is 13.3 Å². The summed E-state index contributed by atoms with van der Waals surface area (Å²) in [5, 5.41) is 2.61. The van der Waals surface area contributed by atoms with Crippen LogP contribution in [0.4, 0.5) is 4.79 Å². The molecule has 0 aromatic heterocycles. The minimum atomic E-state index is -0.441. The van der Waals surface area contributed by atoms with Crippen LogP contribution in [-0.4, -0.2) is 30.8 Å². The highest BCUT2D eigenvalue weighted by Crippen LogP contribution is 2.12. The SMILES string of the molecule is CCC[C@@H](OC(C)=O)[C@H]1COC(=O)N1. The van der Waals surface area contributed by atoms with Crippen LogP contribution >= 0.6 is 0 Å². The highest BCUT2D eigenvalue weighted by molar-refractivity contribution is 5.70. The number of carbonyl (C=O) groups is 2. The fourth-order valence-corrected chi connectivity index (χ4v) is 1.44. The summed E-state index contributed by atoms with van der Waals surface area (Å²) in [4.78, 5) is 21.6. The Hall–Kier alpha value is -1.26. The number of cyclic esters (lactones) is 1. The minimum absolute atomic E-state index is 0.202. The monoisotopic (exact) mass is 201 g/mol. The summed E-state index contributed by atoms with van der Waals surface area (Å²) in [6.07, 6.45) is 0.908. The second kappa shape index (κ2) is 4.83. The van der Waals surface area contributed by atoms with E-state index in [2.05, 4.69) is 5.32 Å². The Morgan fingerprint density at radius 2 is 2.50 bits per heavy atom. The lowest BCUT2D eigenvalue weighted by Crippen LogP contribution is -2.40. The molecule has 1 N–H and O–H groups in total. The maximum absolute atomic E-state index is 10.8. The Kier molecular flexibility index (Phi) is 3.73. The van der Waals surface area contributed by atoms with Crippen LogP contribution in [-0.2, 0) is 14.3 Å². The molecule has 1 aliphatic rings. The summed E-state index contributed by atoms with van der Waals surface area (Å²) in [6.45, 7) is 3.63. The Labute approximate surface area is 82.8 Å². The molecule has 0 unspecified atom stereocenters. The molecule has 1 fully saturated rings. The topological polar surface area (TPSA) is 64.6 Å². The molecule has 5 nitrogen and oxygen atoms in total. The van der Waals surface area contributed by atoms with Gasteiger partial charge in [-0.2, -0.15) is 0 Å². The Morgan fingerprint density at radius 3 is 2.93 bits per heavy atom. The molecule has 1 saturated heterocycles. The predicted octanol–water partition coefficient (Wildman–Crippen LogP) is 0.827. The van der Waals surface area contributed by atoms with Crippen molar-refractivity contribution in [3.63, 3.8) is 0 Å². The number of esters is 1. The lowest BCUT2D eigenvalue weighted by Gasteiger charge is -2.20.